The van der Waals surface area contributed by atoms with E-state index in [2.05, 4.69) is 26.0 Å². The van der Waals surface area contributed by atoms with Crippen LogP contribution in [0.2, 0.25) is 0 Å². The highest BCUT2D eigenvalue weighted by molar-refractivity contribution is 9.10. The second-order valence-corrected chi connectivity index (χ2v) is 9.22. The number of carbonyl (C=O) groups is 1. The first-order valence-corrected chi connectivity index (χ1v) is 11.3. The summed E-state index contributed by atoms with van der Waals surface area (Å²) < 4.78 is 31.2. The van der Waals surface area contributed by atoms with Crippen LogP contribution in [-0.2, 0) is 14.8 Å². The van der Waals surface area contributed by atoms with E-state index in [1.807, 2.05) is 24.3 Å². The number of nitrogens with one attached hydrogen (secondary N) is 2. The molecule has 0 spiro atoms. The number of hydrogen-bond donors (Lipinski definition) is 2. The fourth-order valence-corrected chi connectivity index (χ4v) is 3.75. The zero-order valence-electron chi connectivity index (χ0n) is 14.3. The molecule has 1 amide bonds. The molecule has 2 rings (SSSR count). The minimum absolute atomic E-state index is 0.125. The first kappa shape index (κ1) is 20.6. The van der Waals surface area contributed by atoms with Crippen molar-refractivity contribution in [1.82, 2.24) is 0 Å². The van der Waals surface area contributed by atoms with E-state index < -0.39 is 10.0 Å². The third-order valence-corrected chi connectivity index (χ3v) is 5.33. The number of rotatable bonds is 8. The molecule has 0 radical (unpaired) electrons. The van der Waals surface area contributed by atoms with Crippen LogP contribution in [-0.4, -0.2) is 33.4 Å². The Morgan fingerprint density at radius 2 is 1.88 bits per heavy atom. The van der Waals surface area contributed by atoms with Gasteiger partial charge in [0, 0.05) is 33.3 Å². The lowest BCUT2D eigenvalue weighted by Crippen LogP contribution is -2.13. The summed E-state index contributed by atoms with van der Waals surface area (Å²) in [6.07, 6.45) is 1.41. The summed E-state index contributed by atoms with van der Waals surface area (Å²) in [7, 11) is -1.98. The number of halogens is 1. The van der Waals surface area contributed by atoms with Crippen molar-refractivity contribution >= 4 is 55.0 Å². The van der Waals surface area contributed by atoms with Crippen LogP contribution in [0.3, 0.4) is 0 Å². The predicted molar refractivity (Wildman–Crippen MR) is 110 cm³/mol. The van der Waals surface area contributed by atoms with Crippen molar-refractivity contribution in [3.63, 3.8) is 0 Å². The molecule has 26 heavy (non-hydrogen) atoms. The second-order valence-electron chi connectivity index (χ2n) is 5.39. The first-order valence-electron chi connectivity index (χ1n) is 7.61. The van der Waals surface area contributed by atoms with Gasteiger partial charge in [0.2, 0.25) is 15.9 Å². The average Bonchev–Trinajstić information content (AvgIpc) is 2.57. The lowest BCUT2D eigenvalue weighted by atomic mass is 10.2. The quantitative estimate of drug-likeness (QED) is 0.584. The van der Waals surface area contributed by atoms with Crippen molar-refractivity contribution in [2.24, 2.45) is 0 Å². The lowest BCUT2D eigenvalue weighted by molar-refractivity contribution is -0.115. The monoisotopic (exact) mass is 458 g/mol. The van der Waals surface area contributed by atoms with Gasteiger partial charge in [0.1, 0.15) is 5.75 Å². The summed E-state index contributed by atoms with van der Waals surface area (Å²) in [6.45, 7) is 0. The number of carbonyl (C=O) groups excluding carboxylic acids is 1. The number of ether oxygens (including phenoxy) is 1. The summed E-state index contributed by atoms with van der Waals surface area (Å²) in [5, 5.41) is 2.79. The fraction of sp³-hybridized carbons (Fsp3) is 0.235. The SMILES string of the molecule is COc1cc(NC(=O)CCSc2ccc(Br)cc2)ccc1NS(C)(=O)=O. The van der Waals surface area contributed by atoms with E-state index in [0.717, 1.165) is 15.6 Å². The van der Waals surface area contributed by atoms with Gasteiger partial charge >= 0.3 is 0 Å². The van der Waals surface area contributed by atoms with Crippen molar-refractivity contribution < 1.29 is 17.9 Å². The fourth-order valence-electron chi connectivity index (χ4n) is 2.07. The number of methoxy groups -OCH3 is 1. The molecular formula is C17H19BrN2O4S2. The molecular weight excluding hydrogens is 440 g/mol. The van der Waals surface area contributed by atoms with Crippen LogP contribution in [0.25, 0.3) is 0 Å². The molecule has 6 nitrogen and oxygen atoms in total. The largest absolute Gasteiger partial charge is 0.494 e. The maximum atomic E-state index is 12.1. The maximum Gasteiger partial charge on any atom is 0.229 e. The van der Waals surface area contributed by atoms with E-state index >= 15 is 0 Å². The number of hydrogen-bond acceptors (Lipinski definition) is 5. The predicted octanol–water partition coefficient (Wildman–Crippen LogP) is 3.95. The molecule has 0 atom stereocenters. The van der Waals surface area contributed by atoms with Gasteiger partial charge in [-0.2, -0.15) is 0 Å². The molecule has 0 bridgehead atoms. The van der Waals surface area contributed by atoms with Gasteiger partial charge in [0.15, 0.2) is 0 Å². The van der Waals surface area contributed by atoms with Crippen LogP contribution in [0, 0.1) is 0 Å². The Morgan fingerprint density at radius 3 is 2.50 bits per heavy atom. The van der Waals surface area contributed by atoms with Crippen LogP contribution < -0.4 is 14.8 Å². The number of thioether (sulfide) groups is 1. The molecule has 0 heterocycles. The lowest BCUT2D eigenvalue weighted by Gasteiger charge is -2.12. The summed E-state index contributed by atoms with van der Waals surface area (Å²) in [4.78, 5) is 13.2. The van der Waals surface area contributed by atoms with Crippen LogP contribution in [0.4, 0.5) is 11.4 Å². The molecule has 9 heteroatoms. The Labute approximate surface area is 165 Å². The molecule has 0 saturated heterocycles. The Balaban J connectivity index is 1.90. The van der Waals surface area contributed by atoms with Crippen molar-refractivity contribution in [1.29, 1.82) is 0 Å². The Morgan fingerprint density at radius 1 is 1.19 bits per heavy atom. The van der Waals surface area contributed by atoms with Gasteiger partial charge in [-0.1, -0.05) is 15.9 Å². The molecule has 0 aromatic heterocycles. The summed E-state index contributed by atoms with van der Waals surface area (Å²) in [5.41, 5.74) is 0.860. The van der Waals surface area contributed by atoms with E-state index in [-0.39, 0.29) is 5.91 Å². The molecule has 2 aromatic rings. The standard InChI is InChI=1S/C17H19BrN2O4S2/c1-24-16-11-13(5-8-15(16)20-26(2,22)23)19-17(21)9-10-25-14-6-3-12(18)4-7-14/h3-8,11,20H,9-10H2,1-2H3,(H,19,21). The van der Waals surface area contributed by atoms with Gasteiger partial charge in [-0.05, 0) is 36.4 Å². The third-order valence-electron chi connectivity index (χ3n) is 3.19. The van der Waals surface area contributed by atoms with Crippen LogP contribution >= 0.6 is 27.7 Å². The highest BCUT2D eigenvalue weighted by Gasteiger charge is 2.10. The van der Waals surface area contributed by atoms with E-state index in [1.54, 1.807) is 30.0 Å². The van der Waals surface area contributed by atoms with E-state index in [4.69, 9.17) is 4.74 Å². The third kappa shape index (κ3) is 6.89. The molecule has 0 saturated carbocycles. The van der Waals surface area contributed by atoms with Gasteiger partial charge in [0.25, 0.3) is 0 Å². The van der Waals surface area contributed by atoms with E-state index in [0.29, 0.717) is 29.3 Å². The molecule has 2 N–H and O–H groups in total. The molecule has 0 fully saturated rings. The van der Waals surface area contributed by atoms with Crippen molar-refractivity contribution in [2.45, 2.75) is 11.3 Å². The Bertz CT molecular complexity index is 871. The van der Waals surface area contributed by atoms with Crippen molar-refractivity contribution in [3.8, 4) is 5.75 Å². The van der Waals surface area contributed by atoms with Gasteiger partial charge in [0.05, 0.1) is 19.1 Å². The average molecular weight is 459 g/mol. The number of amides is 1. The van der Waals surface area contributed by atoms with Crippen LogP contribution in [0.15, 0.2) is 51.8 Å². The van der Waals surface area contributed by atoms with Crippen LogP contribution in [0.5, 0.6) is 5.75 Å². The summed E-state index contributed by atoms with van der Waals surface area (Å²) in [6, 6.07) is 12.6. The molecule has 0 unspecified atom stereocenters. The van der Waals surface area contributed by atoms with Crippen molar-refractivity contribution in [3.05, 3.63) is 46.9 Å². The Kier molecular flexibility index (Phi) is 7.36. The second kappa shape index (κ2) is 9.29. The first-order chi connectivity index (χ1) is 12.3. The normalized spacial score (nSPS) is 11.0. The zero-order valence-corrected chi connectivity index (χ0v) is 17.5. The highest BCUT2D eigenvalue weighted by atomic mass is 79.9. The van der Waals surface area contributed by atoms with Gasteiger partial charge in [-0.3, -0.25) is 9.52 Å². The van der Waals surface area contributed by atoms with Gasteiger partial charge in [-0.15, -0.1) is 11.8 Å². The van der Waals surface area contributed by atoms with E-state index in [9.17, 15) is 13.2 Å². The molecule has 2 aromatic carbocycles. The zero-order chi connectivity index (χ0) is 19.2. The summed E-state index contributed by atoms with van der Waals surface area (Å²) >= 11 is 4.99. The van der Waals surface area contributed by atoms with E-state index in [1.165, 1.54) is 7.11 Å². The Hall–Kier alpha value is -1.71. The van der Waals surface area contributed by atoms with Gasteiger partial charge < -0.3 is 10.1 Å². The molecule has 0 aliphatic carbocycles. The summed E-state index contributed by atoms with van der Waals surface area (Å²) in [5.74, 6) is 0.858. The molecule has 0 aliphatic rings. The minimum Gasteiger partial charge on any atom is -0.494 e. The molecule has 0 aliphatic heterocycles. The maximum absolute atomic E-state index is 12.1. The number of anilines is 2. The van der Waals surface area contributed by atoms with Gasteiger partial charge in [-0.25, -0.2) is 8.42 Å². The number of benzene rings is 2. The highest BCUT2D eigenvalue weighted by Crippen LogP contribution is 2.29. The minimum atomic E-state index is -3.41. The smallest absolute Gasteiger partial charge is 0.229 e. The topological polar surface area (TPSA) is 84.5 Å². The number of sulfonamides is 1. The van der Waals surface area contributed by atoms with Crippen LogP contribution in [0.1, 0.15) is 6.42 Å². The van der Waals surface area contributed by atoms with Crippen molar-refractivity contribution in [2.75, 3.05) is 29.2 Å². The molecule has 140 valence electrons.